The fourth-order valence-corrected chi connectivity index (χ4v) is 7.63. The van der Waals surface area contributed by atoms with E-state index in [0.29, 0.717) is 19.6 Å². The summed E-state index contributed by atoms with van der Waals surface area (Å²) in [6.07, 6.45) is -3.41. The third-order valence-electron chi connectivity index (χ3n) is 10.3. The number of ketones is 1. The SMILES string of the molecule is CC(C)(C)OC(=O)N1C(=O)CCC(N2C(=O)c3cccc(CC(=O)CCCCC(=O)Nc4cccc5c4C(=O)N(C4CCC(=O)N(C(=O)OC(C)(C)C)C4=O)C5=O)c3C2=O)C1=O. The first-order valence-electron chi connectivity index (χ1n) is 20.0. The lowest BCUT2D eigenvalue weighted by Crippen LogP contribution is -2.58. The van der Waals surface area contributed by atoms with E-state index in [0.717, 1.165) is 0 Å². The maximum atomic E-state index is 13.7. The molecule has 19 heteroatoms. The summed E-state index contributed by atoms with van der Waals surface area (Å²) in [4.78, 5) is 160. The highest BCUT2D eigenvalue weighted by molar-refractivity contribution is 6.27. The van der Waals surface area contributed by atoms with Crippen LogP contribution in [0.4, 0.5) is 15.3 Å². The molecule has 0 spiro atoms. The van der Waals surface area contributed by atoms with Crippen LogP contribution in [0.2, 0.25) is 0 Å². The van der Waals surface area contributed by atoms with Crippen LogP contribution in [0, 0.1) is 0 Å². The molecule has 326 valence electrons. The second-order valence-electron chi connectivity index (χ2n) is 17.2. The number of hydrogen-bond acceptors (Lipinski definition) is 14. The van der Waals surface area contributed by atoms with E-state index >= 15 is 0 Å². The van der Waals surface area contributed by atoms with E-state index < -0.39 is 88.6 Å². The summed E-state index contributed by atoms with van der Waals surface area (Å²) in [5, 5.41) is 2.62. The summed E-state index contributed by atoms with van der Waals surface area (Å²) in [7, 11) is 0. The number of nitrogens with one attached hydrogen (secondary N) is 1. The minimum Gasteiger partial charge on any atom is -0.443 e. The summed E-state index contributed by atoms with van der Waals surface area (Å²) in [5.41, 5.74) is -2.21. The third kappa shape index (κ3) is 8.78. The van der Waals surface area contributed by atoms with Crippen LogP contribution in [0.1, 0.15) is 140 Å². The zero-order valence-corrected chi connectivity index (χ0v) is 35.0. The smallest absolute Gasteiger partial charge is 0.424 e. The topological polar surface area (TPSA) is 248 Å². The van der Waals surface area contributed by atoms with Crippen molar-refractivity contribution in [3.8, 4) is 0 Å². The standard InChI is InChI=1S/C43H45N5O14/c1-42(2,3)61-40(59)47-30(51)19-17-27(36(47)55)45-34(53)24-13-9-11-22(32(24)38(45)57)21-23(49)12-7-8-16-29(50)44-26-15-10-14-25-33(26)39(58)46(35(25)54)28-18-20-31(52)48(37(28)56)41(60)62-43(4,5)6/h9-11,13-15,27-28H,7-8,12,16-21H2,1-6H3,(H,44,50). The molecule has 0 saturated carbocycles. The van der Waals surface area contributed by atoms with Crippen molar-refractivity contribution in [3.05, 3.63) is 64.2 Å². The van der Waals surface area contributed by atoms with Crippen molar-refractivity contribution in [2.24, 2.45) is 0 Å². The van der Waals surface area contributed by atoms with Gasteiger partial charge in [-0.25, -0.2) is 9.59 Å². The molecule has 1 N–H and O–H groups in total. The Kier molecular flexibility index (Phi) is 12.1. The van der Waals surface area contributed by atoms with Gasteiger partial charge >= 0.3 is 12.2 Å². The van der Waals surface area contributed by atoms with Crippen LogP contribution < -0.4 is 5.32 Å². The number of unbranched alkanes of at least 4 members (excludes halogenated alkanes) is 1. The molecule has 0 aliphatic carbocycles. The number of amides is 11. The maximum absolute atomic E-state index is 13.7. The molecule has 2 aromatic rings. The first-order valence-corrected chi connectivity index (χ1v) is 20.0. The van der Waals surface area contributed by atoms with Crippen LogP contribution in [0.15, 0.2) is 36.4 Å². The van der Waals surface area contributed by atoms with Gasteiger partial charge in [-0.05, 0) is 91.0 Å². The van der Waals surface area contributed by atoms with Crippen LogP contribution in [0.3, 0.4) is 0 Å². The molecule has 0 bridgehead atoms. The number of imide groups is 8. The number of carbonyl (C=O) groups excluding carboxylic acids is 12. The summed E-state index contributed by atoms with van der Waals surface area (Å²) in [6, 6.07) is 5.63. The third-order valence-corrected chi connectivity index (χ3v) is 10.3. The van der Waals surface area contributed by atoms with Gasteiger partial charge in [0.1, 0.15) is 29.1 Å². The Morgan fingerprint density at radius 2 is 1.06 bits per heavy atom. The Morgan fingerprint density at radius 3 is 1.56 bits per heavy atom. The Labute approximate surface area is 355 Å². The average molecular weight is 856 g/mol. The zero-order chi connectivity index (χ0) is 45.6. The first kappa shape index (κ1) is 44.6. The van der Waals surface area contributed by atoms with E-state index in [1.54, 1.807) is 41.5 Å². The van der Waals surface area contributed by atoms with Gasteiger partial charge in [0.15, 0.2) is 0 Å². The molecule has 2 saturated heterocycles. The molecule has 2 atom stereocenters. The van der Waals surface area contributed by atoms with Crippen LogP contribution >= 0.6 is 0 Å². The number of piperidine rings is 2. The van der Waals surface area contributed by atoms with Crippen molar-refractivity contribution in [2.75, 3.05) is 5.32 Å². The minimum absolute atomic E-state index is 0.00183. The van der Waals surface area contributed by atoms with E-state index in [1.165, 1.54) is 36.4 Å². The number of rotatable bonds is 10. The zero-order valence-electron chi connectivity index (χ0n) is 35.0. The normalized spacial score (nSPS) is 19.3. The number of Topliss-reactive ketones (excluding diaryl/α,β-unsaturated/α-hetero) is 1. The van der Waals surface area contributed by atoms with E-state index in [1.807, 2.05) is 0 Å². The van der Waals surface area contributed by atoms with Gasteiger partial charge in [-0.3, -0.25) is 57.7 Å². The highest BCUT2D eigenvalue weighted by atomic mass is 16.6. The lowest BCUT2D eigenvalue weighted by Gasteiger charge is -2.34. The van der Waals surface area contributed by atoms with Gasteiger partial charge in [-0.15, -0.1) is 0 Å². The number of anilines is 1. The van der Waals surface area contributed by atoms with Crippen molar-refractivity contribution in [3.63, 3.8) is 0 Å². The Hall–Kier alpha value is -6.92. The number of benzene rings is 2. The molecule has 6 rings (SSSR count). The molecule has 0 aromatic heterocycles. The molecule has 19 nitrogen and oxygen atoms in total. The van der Waals surface area contributed by atoms with Crippen molar-refractivity contribution < 1.29 is 67.0 Å². The van der Waals surface area contributed by atoms with Gasteiger partial charge in [0, 0.05) is 32.1 Å². The molecular formula is C43H45N5O14. The number of fused-ring (bicyclic) bond motifs is 2. The number of hydrogen-bond donors (Lipinski definition) is 1. The van der Waals surface area contributed by atoms with Gasteiger partial charge in [0.25, 0.3) is 35.4 Å². The molecule has 0 radical (unpaired) electrons. The predicted molar refractivity (Wildman–Crippen MR) is 212 cm³/mol. The monoisotopic (exact) mass is 855 g/mol. The molecule has 11 amide bonds. The summed E-state index contributed by atoms with van der Waals surface area (Å²) in [6.45, 7) is 9.28. The van der Waals surface area contributed by atoms with Gasteiger partial charge in [-0.1, -0.05) is 18.2 Å². The van der Waals surface area contributed by atoms with Gasteiger partial charge in [-0.2, -0.15) is 9.80 Å². The number of carbonyl (C=O) groups is 12. The average Bonchev–Trinajstić information content (AvgIpc) is 3.57. The van der Waals surface area contributed by atoms with Crippen LogP contribution in [-0.2, 0) is 44.7 Å². The summed E-state index contributed by atoms with van der Waals surface area (Å²) in [5.74, 6) is -8.10. The van der Waals surface area contributed by atoms with Crippen molar-refractivity contribution in [1.82, 2.24) is 19.6 Å². The van der Waals surface area contributed by atoms with Crippen molar-refractivity contribution >= 4 is 76.8 Å². The second-order valence-corrected chi connectivity index (χ2v) is 17.2. The molecular weight excluding hydrogens is 810 g/mol. The Morgan fingerprint density at radius 1 is 0.613 bits per heavy atom. The molecule has 4 aliphatic rings. The van der Waals surface area contributed by atoms with Crippen LogP contribution in [-0.4, -0.2) is 114 Å². The van der Waals surface area contributed by atoms with E-state index in [2.05, 4.69) is 5.32 Å². The lowest BCUT2D eigenvalue weighted by atomic mass is 9.97. The fourth-order valence-electron chi connectivity index (χ4n) is 7.63. The molecule has 4 heterocycles. The van der Waals surface area contributed by atoms with Gasteiger partial charge in [0.05, 0.1) is 27.9 Å². The largest absolute Gasteiger partial charge is 0.443 e. The van der Waals surface area contributed by atoms with E-state index in [-0.39, 0.29) is 97.1 Å². The molecule has 4 aliphatic heterocycles. The number of nitrogens with zero attached hydrogens (tertiary/aromatic N) is 4. The fraction of sp³-hybridized carbons (Fsp3) is 0.442. The molecule has 62 heavy (non-hydrogen) atoms. The number of likely N-dealkylation sites (tertiary alicyclic amines) is 2. The molecule has 2 fully saturated rings. The van der Waals surface area contributed by atoms with Crippen LogP contribution in [0.5, 0.6) is 0 Å². The highest BCUT2D eigenvalue weighted by Crippen LogP contribution is 2.35. The highest BCUT2D eigenvalue weighted by Gasteiger charge is 2.52. The summed E-state index contributed by atoms with van der Waals surface area (Å²) < 4.78 is 10.4. The van der Waals surface area contributed by atoms with E-state index in [9.17, 15) is 57.5 Å². The van der Waals surface area contributed by atoms with Crippen molar-refractivity contribution in [1.29, 1.82) is 0 Å². The van der Waals surface area contributed by atoms with Crippen LogP contribution in [0.25, 0.3) is 0 Å². The predicted octanol–water partition coefficient (Wildman–Crippen LogP) is 4.09. The maximum Gasteiger partial charge on any atom is 0.424 e. The lowest BCUT2D eigenvalue weighted by molar-refractivity contribution is -0.151. The van der Waals surface area contributed by atoms with Gasteiger partial charge in [0.2, 0.25) is 17.7 Å². The Bertz CT molecular complexity index is 2210. The van der Waals surface area contributed by atoms with Crippen molar-refractivity contribution in [2.45, 2.75) is 123 Å². The Balaban J connectivity index is 1.04. The first-order chi connectivity index (χ1) is 29.0. The number of ether oxygens (including phenoxy) is 2. The quantitative estimate of drug-likeness (QED) is 0.261. The second kappa shape index (κ2) is 16.9. The van der Waals surface area contributed by atoms with Gasteiger partial charge < -0.3 is 14.8 Å². The summed E-state index contributed by atoms with van der Waals surface area (Å²) >= 11 is 0. The molecule has 2 aromatic carbocycles. The van der Waals surface area contributed by atoms with E-state index in [4.69, 9.17) is 9.47 Å². The minimum atomic E-state index is -1.48. The molecule has 2 unspecified atom stereocenters.